The lowest BCUT2D eigenvalue weighted by atomic mass is 10.1. The van der Waals surface area contributed by atoms with Gasteiger partial charge in [-0.3, -0.25) is 4.79 Å². The maximum Gasteiger partial charge on any atom is 0.264 e. The number of nitrogens with zero attached hydrogens (tertiary/aromatic N) is 2. The van der Waals surface area contributed by atoms with Crippen molar-refractivity contribution in [1.82, 2.24) is 14.9 Å². The molecule has 0 saturated carbocycles. The molecule has 8 nitrogen and oxygen atoms in total. The maximum atomic E-state index is 12.5. The topological polar surface area (TPSA) is 110 Å². The molecule has 3 aromatic carbocycles. The highest BCUT2D eigenvalue weighted by Crippen LogP contribution is 2.20. The zero-order valence-electron chi connectivity index (χ0n) is 19.3. The van der Waals surface area contributed by atoms with Crippen LogP contribution in [0, 0.1) is 0 Å². The fourth-order valence-electron chi connectivity index (χ4n) is 3.31. The number of benzene rings is 3. The van der Waals surface area contributed by atoms with E-state index in [2.05, 4.69) is 20.2 Å². The third-order valence-electron chi connectivity index (χ3n) is 5.32. The molecule has 0 aliphatic carbocycles. The molecular weight excluding hydrogens is 500 g/mol. The number of rotatable bonds is 9. The van der Waals surface area contributed by atoms with E-state index in [0.717, 1.165) is 16.8 Å². The van der Waals surface area contributed by atoms with Crippen molar-refractivity contribution in [3.05, 3.63) is 101 Å². The van der Waals surface area contributed by atoms with Gasteiger partial charge in [0.2, 0.25) is 5.88 Å². The van der Waals surface area contributed by atoms with Crippen LogP contribution in [0.15, 0.2) is 89.8 Å². The van der Waals surface area contributed by atoms with Gasteiger partial charge in [0.25, 0.3) is 15.9 Å². The molecule has 0 bridgehead atoms. The first-order valence-corrected chi connectivity index (χ1v) is 12.9. The Bertz CT molecular complexity index is 1430. The second kappa shape index (κ2) is 11.2. The SMILES string of the molecule is CNc1ccc(S(=O)(=O)NC(=O)c2ccc(-c3ccc(OCCc4ccc(Cl)cc4)nn3)cc2)cc1. The molecule has 0 spiro atoms. The van der Waals surface area contributed by atoms with Crippen molar-refractivity contribution in [3.8, 4) is 17.1 Å². The first kappa shape index (κ1) is 25.2. The van der Waals surface area contributed by atoms with Crippen LogP contribution < -0.4 is 14.8 Å². The van der Waals surface area contributed by atoms with Crippen molar-refractivity contribution >= 4 is 33.2 Å². The molecule has 0 aliphatic heterocycles. The van der Waals surface area contributed by atoms with Gasteiger partial charge in [-0.1, -0.05) is 35.9 Å². The normalized spacial score (nSPS) is 11.1. The van der Waals surface area contributed by atoms with Gasteiger partial charge < -0.3 is 10.1 Å². The van der Waals surface area contributed by atoms with Gasteiger partial charge >= 0.3 is 0 Å². The number of nitrogens with one attached hydrogen (secondary N) is 2. The third kappa shape index (κ3) is 6.38. The summed E-state index contributed by atoms with van der Waals surface area (Å²) in [6.07, 6.45) is 0.709. The summed E-state index contributed by atoms with van der Waals surface area (Å²) in [7, 11) is -2.27. The van der Waals surface area contributed by atoms with E-state index in [1.165, 1.54) is 24.3 Å². The summed E-state index contributed by atoms with van der Waals surface area (Å²) in [4.78, 5) is 12.5. The first-order chi connectivity index (χ1) is 17.3. The second-order valence-corrected chi connectivity index (χ2v) is 9.89. The molecule has 1 aromatic heterocycles. The monoisotopic (exact) mass is 522 g/mol. The molecule has 184 valence electrons. The Kier molecular flexibility index (Phi) is 7.82. The van der Waals surface area contributed by atoms with E-state index < -0.39 is 15.9 Å². The van der Waals surface area contributed by atoms with Crippen LogP contribution in [0.3, 0.4) is 0 Å². The van der Waals surface area contributed by atoms with Gasteiger partial charge in [0, 0.05) is 41.4 Å². The number of halogens is 1. The summed E-state index contributed by atoms with van der Waals surface area (Å²) >= 11 is 5.89. The highest BCUT2D eigenvalue weighted by molar-refractivity contribution is 7.90. The van der Waals surface area contributed by atoms with Crippen molar-refractivity contribution in [2.24, 2.45) is 0 Å². The van der Waals surface area contributed by atoms with Crippen LogP contribution in [0.25, 0.3) is 11.3 Å². The van der Waals surface area contributed by atoms with Gasteiger partial charge in [0.15, 0.2) is 0 Å². The summed E-state index contributed by atoms with van der Waals surface area (Å²) in [6, 6.07) is 23.5. The smallest absolute Gasteiger partial charge is 0.264 e. The van der Waals surface area contributed by atoms with Crippen molar-refractivity contribution in [3.63, 3.8) is 0 Å². The van der Waals surface area contributed by atoms with Crippen LogP contribution in [0.1, 0.15) is 15.9 Å². The van der Waals surface area contributed by atoms with Gasteiger partial charge in [-0.25, -0.2) is 13.1 Å². The molecule has 1 heterocycles. The van der Waals surface area contributed by atoms with E-state index in [0.29, 0.717) is 29.6 Å². The lowest BCUT2D eigenvalue weighted by molar-refractivity contribution is 0.0981. The Labute approximate surface area is 214 Å². The van der Waals surface area contributed by atoms with E-state index in [4.69, 9.17) is 16.3 Å². The van der Waals surface area contributed by atoms with E-state index >= 15 is 0 Å². The Morgan fingerprint density at radius 3 is 2.19 bits per heavy atom. The Morgan fingerprint density at radius 1 is 0.889 bits per heavy atom. The van der Waals surface area contributed by atoms with Gasteiger partial charge in [0.1, 0.15) is 0 Å². The van der Waals surface area contributed by atoms with Gasteiger partial charge in [-0.05, 0) is 60.2 Å². The first-order valence-electron chi connectivity index (χ1n) is 11.0. The number of ether oxygens (including phenoxy) is 1. The molecule has 0 saturated heterocycles. The minimum absolute atomic E-state index is 0.00258. The van der Waals surface area contributed by atoms with Crippen LogP contribution in [-0.2, 0) is 16.4 Å². The Morgan fingerprint density at radius 2 is 1.58 bits per heavy atom. The number of sulfonamides is 1. The molecule has 0 aliphatic rings. The van der Waals surface area contributed by atoms with Gasteiger partial charge in [0.05, 0.1) is 17.2 Å². The molecule has 36 heavy (non-hydrogen) atoms. The van der Waals surface area contributed by atoms with Crippen LogP contribution in [0.5, 0.6) is 5.88 Å². The summed E-state index contributed by atoms with van der Waals surface area (Å²) in [5, 5.41) is 11.9. The van der Waals surface area contributed by atoms with Crippen LogP contribution in [0.4, 0.5) is 5.69 Å². The molecule has 0 unspecified atom stereocenters. The summed E-state index contributed by atoms with van der Waals surface area (Å²) in [5.74, 6) is -0.327. The number of hydrogen-bond donors (Lipinski definition) is 2. The lowest BCUT2D eigenvalue weighted by Crippen LogP contribution is -2.30. The standard InChI is InChI=1S/C26H23ClN4O4S/c1-28-22-10-12-23(13-11-22)36(33,34)31-26(32)20-6-4-19(5-7-20)24-14-15-25(30-29-24)35-17-16-18-2-8-21(27)9-3-18/h2-15,28H,16-17H2,1H3,(H,31,32). The minimum atomic E-state index is -4.00. The van der Waals surface area contributed by atoms with E-state index in [9.17, 15) is 13.2 Å². The van der Waals surface area contributed by atoms with Crippen molar-refractivity contribution in [1.29, 1.82) is 0 Å². The number of aromatic nitrogens is 2. The quantitative estimate of drug-likeness (QED) is 0.331. The molecule has 10 heteroatoms. The lowest BCUT2D eigenvalue weighted by Gasteiger charge is -2.09. The molecule has 4 rings (SSSR count). The average molecular weight is 523 g/mol. The van der Waals surface area contributed by atoms with Crippen molar-refractivity contribution in [2.75, 3.05) is 19.0 Å². The average Bonchev–Trinajstić information content (AvgIpc) is 2.90. The van der Waals surface area contributed by atoms with E-state index in [1.807, 2.05) is 24.3 Å². The van der Waals surface area contributed by atoms with Gasteiger partial charge in [-0.15, -0.1) is 10.2 Å². The Hall–Kier alpha value is -3.95. The molecule has 4 aromatic rings. The zero-order chi connectivity index (χ0) is 25.5. The molecule has 0 atom stereocenters. The van der Waals surface area contributed by atoms with Crippen LogP contribution >= 0.6 is 11.6 Å². The molecule has 0 radical (unpaired) electrons. The number of anilines is 1. The number of hydrogen-bond acceptors (Lipinski definition) is 7. The third-order valence-corrected chi connectivity index (χ3v) is 6.92. The largest absolute Gasteiger partial charge is 0.476 e. The predicted molar refractivity (Wildman–Crippen MR) is 139 cm³/mol. The number of carbonyl (C=O) groups excluding carboxylic acids is 1. The van der Waals surface area contributed by atoms with E-state index in [-0.39, 0.29) is 10.5 Å². The van der Waals surface area contributed by atoms with E-state index in [1.54, 1.807) is 43.4 Å². The summed E-state index contributed by atoms with van der Waals surface area (Å²) in [6.45, 7) is 0.446. The Balaban J connectivity index is 1.34. The minimum Gasteiger partial charge on any atom is -0.476 e. The predicted octanol–water partition coefficient (Wildman–Crippen LogP) is 4.58. The number of amides is 1. The maximum absolute atomic E-state index is 12.5. The van der Waals surface area contributed by atoms with Gasteiger partial charge in [-0.2, -0.15) is 0 Å². The van der Waals surface area contributed by atoms with Crippen molar-refractivity contribution in [2.45, 2.75) is 11.3 Å². The highest BCUT2D eigenvalue weighted by atomic mass is 35.5. The molecular formula is C26H23ClN4O4S. The molecule has 2 N–H and O–H groups in total. The van der Waals surface area contributed by atoms with Crippen LogP contribution in [0.2, 0.25) is 5.02 Å². The highest BCUT2D eigenvalue weighted by Gasteiger charge is 2.19. The number of carbonyl (C=O) groups is 1. The summed E-state index contributed by atoms with van der Waals surface area (Å²) in [5.41, 5.74) is 3.37. The fourth-order valence-corrected chi connectivity index (χ4v) is 4.41. The zero-order valence-corrected chi connectivity index (χ0v) is 20.9. The second-order valence-electron chi connectivity index (χ2n) is 7.77. The summed E-state index contributed by atoms with van der Waals surface area (Å²) < 4.78 is 32.8. The van der Waals surface area contributed by atoms with Crippen LogP contribution in [-0.4, -0.2) is 38.2 Å². The molecule has 1 amide bonds. The molecule has 0 fully saturated rings. The fraction of sp³-hybridized carbons (Fsp3) is 0.115. The van der Waals surface area contributed by atoms with Crippen molar-refractivity contribution < 1.29 is 17.9 Å².